The standard InChI is InChI=1S/C16H19NO4/c1-16(2,3)21-15(19)17-8-9-20-14(10-17)13-7-5-4-6-12(13)11-18/h4-10,18H,11H2,1-3H3. The number of hydrogen-bond donors (Lipinski definition) is 1. The van der Waals surface area contributed by atoms with E-state index in [9.17, 15) is 9.90 Å². The maximum absolute atomic E-state index is 12.0. The van der Waals surface area contributed by atoms with Gasteiger partial charge in [0, 0.05) is 5.56 Å². The van der Waals surface area contributed by atoms with Crippen molar-refractivity contribution in [2.75, 3.05) is 0 Å². The van der Waals surface area contributed by atoms with Gasteiger partial charge in [-0.25, -0.2) is 4.79 Å². The Morgan fingerprint density at radius 2 is 2.05 bits per heavy atom. The van der Waals surface area contributed by atoms with E-state index >= 15 is 0 Å². The molecule has 0 radical (unpaired) electrons. The van der Waals surface area contributed by atoms with Crippen LogP contribution in [-0.4, -0.2) is 21.7 Å². The number of hydrogen-bond acceptors (Lipinski definition) is 4. The number of aliphatic hydroxyl groups is 1. The van der Waals surface area contributed by atoms with Gasteiger partial charge in [0.2, 0.25) is 0 Å². The summed E-state index contributed by atoms with van der Waals surface area (Å²) in [5.41, 5.74) is 0.890. The van der Waals surface area contributed by atoms with Gasteiger partial charge in [0.05, 0.1) is 19.0 Å². The van der Waals surface area contributed by atoms with Crippen LogP contribution in [0.4, 0.5) is 4.79 Å². The van der Waals surface area contributed by atoms with Crippen molar-refractivity contribution in [3.05, 3.63) is 54.1 Å². The van der Waals surface area contributed by atoms with Gasteiger partial charge in [0.15, 0.2) is 5.76 Å². The third-order valence-corrected chi connectivity index (χ3v) is 2.73. The van der Waals surface area contributed by atoms with Crippen molar-refractivity contribution in [1.29, 1.82) is 0 Å². The zero-order valence-corrected chi connectivity index (χ0v) is 12.4. The molecule has 0 spiro atoms. The van der Waals surface area contributed by atoms with Gasteiger partial charge in [-0.3, -0.25) is 4.90 Å². The molecule has 2 rings (SSSR count). The van der Waals surface area contributed by atoms with Gasteiger partial charge in [0.25, 0.3) is 0 Å². The number of amides is 1. The van der Waals surface area contributed by atoms with Gasteiger partial charge >= 0.3 is 6.09 Å². The van der Waals surface area contributed by atoms with Crippen molar-refractivity contribution in [2.24, 2.45) is 0 Å². The monoisotopic (exact) mass is 289 g/mol. The van der Waals surface area contributed by atoms with Crippen molar-refractivity contribution in [3.63, 3.8) is 0 Å². The summed E-state index contributed by atoms with van der Waals surface area (Å²) < 4.78 is 10.7. The average molecular weight is 289 g/mol. The summed E-state index contributed by atoms with van der Waals surface area (Å²) in [6.07, 6.45) is 3.95. The summed E-state index contributed by atoms with van der Waals surface area (Å²) in [7, 11) is 0. The van der Waals surface area contributed by atoms with Crippen LogP contribution in [0, 0.1) is 0 Å². The van der Waals surface area contributed by atoms with E-state index in [1.807, 2.05) is 18.2 Å². The maximum atomic E-state index is 12.0. The lowest BCUT2D eigenvalue weighted by Gasteiger charge is -2.25. The Morgan fingerprint density at radius 3 is 2.71 bits per heavy atom. The molecule has 5 nitrogen and oxygen atoms in total. The molecule has 1 heterocycles. The fraction of sp³-hybridized carbons (Fsp3) is 0.312. The van der Waals surface area contributed by atoms with Gasteiger partial charge in [-0.05, 0) is 26.3 Å². The quantitative estimate of drug-likeness (QED) is 0.908. The number of benzene rings is 1. The summed E-state index contributed by atoms with van der Waals surface area (Å²) >= 11 is 0. The van der Waals surface area contributed by atoms with Crippen molar-refractivity contribution in [1.82, 2.24) is 4.90 Å². The fourth-order valence-electron chi connectivity index (χ4n) is 1.83. The van der Waals surface area contributed by atoms with E-state index in [0.717, 1.165) is 11.1 Å². The molecule has 1 aliphatic heterocycles. The van der Waals surface area contributed by atoms with Crippen LogP contribution in [0.3, 0.4) is 0 Å². The largest absolute Gasteiger partial charge is 0.461 e. The molecule has 0 aromatic heterocycles. The minimum Gasteiger partial charge on any atom is -0.461 e. The molecule has 1 amide bonds. The first-order valence-electron chi connectivity index (χ1n) is 6.66. The normalized spacial score (nSPS) is 14.5. The molecule has 0 saturated heterocycles. The molecule has 1 aromatic carbocycles. The van der Waals surface area contributed by atoms with E-state index in [2.05, 4.69) is 0 Å². The SMILES string of the molecule is CC(C)(C)OC(=O)N1C=COC(c2ccccc2CO)=C1. The van der Waals surface area contributed by atoms with Crippen molar-refractivity contribution in [3.8, 4) is 0 Å². The van der Waals surface area contributed by atoms with Gasteiger partial charge in [-0.15, -0.1) is 0 Å². The van der Waals surface area contributed by atoms with Gasteiger partial charge in [0.1, 0.15) is 11.9 Å². The highest BCUT2D eigenvalue weighted by molar-refractivity contribution is 5.75. The molecule has 1 aromatic rings. The Morgan fingerprint density at radius 1 is 1.33 bits per heavy atom. The van der Waals surface area contributed by atoms with Crippen LogP contribution in [-0.2, 0) is 16.1 Å². The van der Waals surface area contributed by atoms with Gasteiger partial charge in [-0.2, -0.15) is 0 Å². The zero-order valence-electron chi connectivity index (χ0n) is 12.4. The smallest absolute Gasteiger partial charge is 0.418 e. The molecule has 0 saturated carbocycles. The first kappa shape index (κ1) is 15.1. The highest BCUT2D eigenvalue weighted by Crippen LogP contribution is 2.25. The molecule has 21 heavy (non-hydrogen) atoms. The Hall–Kier alpha value is -2.27. The molecular formula is C16H19NO4. The lowest BCUT2D eigenvalue weighted by molar-refractivity contribution is 0.0390. The van der Waals surface area contributed by atoms with Crippen LogP contribution < -0.4 is 0 Å². The van der Waals surface area contributed by atoms with Gasteiger partial charge in [-0.1, -0.05) is 24.3 Å². The van der Waals surface area contributed by atoms with Crippen LogP contribution in [0.25, 0.3) is 5.76 Å². The molecule has 0 bridgehead atoms. The van der Waals surface area contributed by atoms with E-state index < -0.39 is 11.7 Å². The van der Waals surface area contributed by atoms with Crippen LogP contribution in [0.15, 0.2) is 42.9 Å². The molecule has 1 aliphatic rings. The molecule has 0 fully saturated rings. The predicted octanol–water partition coefficient (Wildman–Crippen LogP) is 3.22. The third-order valence-electron chi connectivity index (χ3n) is 2.73. The number of rotatable bonds is 2. The summed E-state index contributed by atoms with van der Waals surface area (Å²) in [5, 5.41) is 9.37. The lowest BCUT2D eigenvalue weighted by Crippen LogP contribution is -2.31. The summed E-state index contributed by atoms with van der Waals surface area (Å²) in [6.45, 7) is 5.31. The third kappa shape index (κ3) is 3.86. The Balaban J connectivity index is 2.24. The summed E-state index contributed by atoms with van der Waals surface area (Å²) in [5.74, 6) is 0.480. The Bertz CT molecular complexity index is 584. The Kier molecular flexibility index (Phi) is 4.33. The molecular weight excluding hydrogens is 270 g/mol. The highest BCUT2D eigenvalue weighted by atomic mass is 16.6. The number of aliphatic hydroxyl groups excluding tert-OH is 1. The van der Waals surface area contributed by atoms with Crippen LogP contribution in [0.5, 0.6) is 0 Å². The van der Waals surface area contributed by atoms with Crippen molar-refractivity contribution in [2.45, 2.75) is 33.0 Å². The summed E-state index contributed by atoms with van der Waals surface area (Å²) in [4.78, 5) is 13.4. The van der Waals surface area contributed by atoms with Crippen molar-refractivity contribution < 1.29 is 19.4 Å². The number of ether oxygens (including phenoxy) is 2. The van der Waals surface area contributed by atoms with Crippen molar-refractivity contribution >= 4 is 11.9 Å². The lowest BCUT2D eigenvalue weighted by atomic mass is 10.1. The molecule has 0 aliphatic carbocycles. The van der Waals surface area contributed by atoms with Crippen LogP contribution in [0.1, 0.15) is 31.9 Å². The molecule has 1 N–H and O–H groups in total. The first-order valence-corrected chi connectivity index (χ1v) is 6.66. The molecule has 112 valence electrons. The number of nitrogens with zero attached hydrogens (tertiary/aromatic N) is 1. The molecule has 0 unspecified atom stereocenters. The van der Waals surface area contributed by atoms with E-state index in [0.29, 0.717) is 5.76 Å². The molecule has 0 atom stereocenters. The zero-order chi connectivity index (χ0) is 15.5. The second-order valence-corrected chi connectivity index (χ2v) is 5.60. The number of carbonyl (C=O) groups excluding carboxylic acids is 1. The van der Waals surface area contributed by atoms with Crippen LogP contribution in [0.2, 0.25) is 0 Å². The van der Waals surface area contributed by atoms with Crippen LogP contribution >= 0.6 is 0 Å². The van der Waals surface area contributed by atoms with E-state index in [1.165, 1.54) is 17.4 Å². The highest BCUT2D eigenvalue weighted by Gasteiger charge is 2.22. The summed E-state index contributed by atoms with van der Waals surface area (Å²) in [6, 6.07) is 7.30. The second-order valence-electron chi connectivity index (χ2n) is 5.60. The average Bonchev–Trinajstić information content (AvgIpc) is 2.45. The maximum Gasteiger partial charge on any atom is 0.418 e. The second kappa shape index (κ2) is 6.01. The number of carbonyl (C=O) groups is 1. The topological polar surface area (TPSA) is 59.0 Å². The predicted molar refractivity (Wildman–Crippen MR) is 78.6 cm³/mol. The first-order chi connectivity index (χ1) is 9.90. The fourth-order valence-corrected chi connectivity index (χ4v) is 1.83. The minimum absolute atomic E-state index is 0.104. The van der Waals surface area contributed by atoms with E-state index in [4.69, 9.17) is 9.47 Å². The molecule has 5 heteroatoms. The van der Waals surface area contributed by atoms with Gasteiger partial charge < -0.3 is 14.6 Å². The minimum atomic E-state index is -0.569. The Labute approximate surface area is 124 Å². The van der Waals surface area contributed by atoms with E-state index in [-0.39, 0.29) is 6.61 Å². The van der Waals surface area contributed by atoms with E-state index in [1.54, 1.807) is 33.0 Å².